The molecule has 0 N–H and O–H groups in total. The molecule has 2 rings (SSSR count). The van der Waals surface area contributed by atoms with Gasteiger partial charge in [0.05, 0.1) is 0 Å². The minimum absolute atomic E-state index is 0.194. The zero-order chi connectivity index (χ0) is 10.8. The molecular formula is C13H10FI. The molecule has 0 saturated carbocycles. The Bertz CT molecular complexity index is 474. The molecule has 2 aromatic carbocycles. The fraction of sp³-hybridized carbons (Fsp3) is 0.0769. The molecule has 2 heteroatoms. The summed E-state index contributed by atoms with van der Waals surface area (Å²) >= 11 is 2.31. The summed E-state index contributed by atoms with van der Waals surface area (Å²) < 4.78 is 14.0. The van der Waals surface area contributed by atoms with Crippen molar-refractivity contribution in [3.8, 4) is 11.1 Å². The number of rotatable bonds is 1. The average Bonchev–Trinajstić information content (AvgIpc) is 2.23. The van der Waals surface area contributed by atoms with Crippen LogP contribution in [0.5, 0.6) is 0 Å². The first-order valence-corrected chi connectivity index (χ1v) is 5.77. The molecule has 15 heavy (non-hydrogen) atoms. The van der Waals surface area contributed by atoms with Crippen LogP contribution < -0.4 is 0 Å². The molecule has 76 valence electrons. The predicted molar refractivity (Wildman–Crippen MR) is 69.3 cm³/mol. The van der Waals surface area contributed by atoms with Crippen LogP contribution in [0.15, 0.2) is 42.5 Å². The molecule has 0 heterocycles. The maximum absolute atomic E-state index is 12.7. The van der Waals surface area contributed by atoms with Crippen molar-refractivity contribution in [2.75, 3.05) is 0 Å². The van der Waals surface area contributed by atoms with Crippen molar-refractivity contribution < 1.29 is 4.39 Å². The van der Waals surface area contributed by atoms with Gasteiger partial charge in [0.25, 0.3) is 0 Å². The van der Waals surface area contributed by atoms with Gasteiger partial charge in [0.1, 0.15) is 5.82 Å². The fourth-order valence-corrected chi connectivity index (χ4v) is 1.80. The van der Waals surface area contributed by atoms with Crippen molar-refractivity contribution in [3.05, 3.63) is 57.4 Å². The first kappa shape index (κ1) is 10.6. The molecule has 0 fully saturated rings. The highest BCUT2D eigenvalue weighted by molar-refractivity contribution is 14.1. The van der Waals surface area contributed by atoms with Gasteiger partial charge in [-0.05, 0) is 64.4 Å². The third kappa shape index (κ3) is 2.37. The molecule has 0 radical (unpaired) electrons. The second-order valence-electron chi connectivity index (χ2n) is 3.47. The number of aryl methyl sites for hydroxylation is 1. The highest BCUT2D eigenvalue weighted by Crippen LogP contribution is 2.23. The molecule has 0 aromatic heterocycles. The van der Waals surface area contributed by atoms with Gasteiger partial charge in [0.2, 0.25) is 0 Å². The van der Waals surface area contributed by atoms with E-state index in [1.54, 1.807) is 12.1 Å². The largest absolute Gasteiger partial charge is 0.207 e. The van der Waals surface area contributed by atoms with Crippen LogP contribution in [-0.2, 0) is 0 Å². The minimum Gasteiger partial charge on any atom is -0.207 e. The van der Waals surface area contributed by atoms with Crippen molar-refractivity contribution in [1.29, 1.82) is 0 Å². The van der Waals surface area contributed by atoms with Crippen LogP contribution in [-0.4, -0.2) is 0 Å². The van der Waals surface area contributed by atoms with E-state index in [1.165, 1.54) is 21.3 Å². The van der Waals surface area contributed by atoms with Gasteiger partial charge in [-0.3, -0.25) is 0 Å². The van der Waals surface area contributed by atoms with Crippen LogP contribution in [0.1, 0.15) is 5.56 Å². The van der Waals surface area contributed by atoms with Crippen molar-refractivity contribution in [2.24, 2.45) is 0 Å². The zero-order valence-electron chi connectivity index (χ0n) is 8.30. The van der Waals surface area contributed by atoms with Crippen LogP contribution in [0.25, 0.3) is 11.1 Å². The molecule has 0 atom stereocenters. The Kier molecular flexibility index (Phi) is 3.05. The molecule has 0 amide bonds. The summed E-state index contributed by atoms with van der Waals surface area (Å²) in [7, 11) is 0. The SMILES string of the molecule is Cc1cc(-c2ccc(F)cc2)ccc1I. The van der Waals surface area contributed by atoms with Crippen molar-refractivity contribution in [3.63, 3.8) is 0 Å². The van der Waals surface area contributed by atoms with Crippen LogP contribution >= 0.6 is 22.6 Å². The lowest BCUT2D eigenvalue weighted by molar-refractivity contribution is 0.628. The van der Waals surface area contributed by atoms with E-state index in [0.29, 0.717) is 0 Å². The Morgan fingerprint density at radius 1 is 0.933 bits per heavy atom. The van der Waals surface area contributed by atoms with E-state index in [2.05, 4.69) is 47.7 Å². The number of benzene rings is 2. The van der Waals surface area contributed by atoms with E-state index in [4.69, 9.17) is 0 Å². The quantitative estimate of drug-likeness (QED) is 0.685. The lowest BCUT2D eigenvalue weighted by atomic mass is 10.0. The second-order valence-corrected chi connectivity index (χ2v) is 4.63. The lowest BCUT2D eigenvalue weighted by Gasteiger charge is -2.04. The number of halogens is 2. The summed E-state index contributed by atoms with van der Waals surface area (Å²) in [6.45, 7) is 2.08. The van der Waals surface area contributed by atoms with Crippen LogP contribution in [0, 0.1) is 16.3 Å². The van der Waals surface area contributed by atoms with E-state index in [0.717, 1.165) is 11.1 Å². The van der Waals surface area contributed by atoms with E-state index < -0.39 is 0 Å². The van der Waals surface area contributed by atoms with Gasteiger partial charge >= 0.3 is 0 Å². The monoisotopic (exact) mass is 312 g/mol. The molecule has 0 aliphatic rings. The summed E-state index contributed by atoms with van der Waals surface area (Å²) in [6, 6.07) is 12.8. The minimum atomic E-state index is -0.194. The van der Waals surface area contributed by atoms with E-state index in [-0.39, 0.29) is 5.82 Å². The molecule has 0 aliphatic carbocycles. The van der Waals surface area contributed by atoms with Crippen LogP contribution in [0.2, 0.25) is 0 Å². The fourth-order valence-electron chi connectivity index (χ4n) is 1.47. The van der Waals surface area contributed by atoms with E-state index >= 15 is 0 Å². The Morgan fingerprint density at radius 2 is 1.53 bits per heavy atom. The third-order valence-corrected chi connectivity index (χ3v) is 3.55. The maximum Gasteiger partial charge on any atom is 0.123 e. The van der Waals surface area contributed by atoms with Gasteiger partial charge in [0, 0.05) is 3.57 Å². The van der Waals surface area contributed by atoms with Gasteiger partial charge in [-0.1, -0.05) is 24.3 Å². The first-order chi connectivity index (χ1) is 7.16. The summed E-state index contributed by atoms with van der Waals surface area (Å²) in [5, 5.41) is 0. The first-order valence-electron chi connectivity index (χ1n) is 4.69. The van der Waals surface area contributed by atoms with Crippen molar-refractivity contribution >= 4 is 22.6 Å². The normalized spacial score (nSPS) is 10.3. The second kappa shape index (κ2) is 4.31. The molecule has 0 unspecified atom stereocenters. The summed E-state index contributed by atoms with van der Waals surface area (Å²) in [5.74, 6) is -0.194. The van der Waals surface area contributed by atoms with Gasteiger partial charge in [0.15, 0.2) is 0 Å². The van der Waals surface area contributed by atoms with Crippen LogP contribution in [0.4, 0.5) is 4.39 Å². The maximum atomic E-state index is 12.7. The van der Waals surface area contributed by atoms with Gasteiger partial charge in [-0.15, -0.1) is 0 Å². The van der Waals surface area contributed by atoms with Gasteiger partial charge in [-0.25, -0.2) is 4.39 Å². The Morgan fingerprint density at radius 3 is 2.13 bits per heavy atom. The summed E-state index contributed by atoms with van der Waals surface area (Å²) in [4.78, 5) is 0. The lowest BCUT2D eigenvalue weighted by Crippen LogP contribution is -1.83. The predicted octanol–water partition coefficient (Wildman–Crippen LogP) is 4.41. The molecule has 0 saturated heterocycles. The van der Waals surface area contributed by atoms with Crippen molar-refractivity contribution in [1.82, 2.24) is 0 Å². The highest BCUT2D eigenvalue weighted by Gasteiger charge is 2.00. The smallest absolute Gasteiger partial charge is 0.123 e. The third-order valence-electron chi connectivity index (χ3n) is 2.34. The average molecular weight is 312 g/mol. The Hall–Kier alpha value is -0.900. The molecule has 0 bridgehead atoms. The van der Waals surface area contributed by atoms with E-state index in [1.807, 2.05) is 0 Å². The molecule has 0 nitrogen and oxygen atoms in total. The zero-order valence-corrected chi connectivity index (χ0v) is 10.5. The van der Waals surface area contributed by atoms with Gasteiger partial charge < -0.3 is 0 Å². The summed E-state index contributed by atoms with van der Waals surface area (Å²) in [6.07, 6.45) is 0. The molecule has 0 aliphatic heterocycles. The summed E-state index contributed by atoms with van der Waals surface area (Å²) in [5.41, 5.74) is 3.43. The Labute approximate surface area is 102 Å². The standard InChI is InChI=1S/C13H10FI/c1-9-8-11(4-7-13(9)15)10-2-5-12(14)6-3-10/h2-8H,1H3. The van der Waals surface area contributed by atoms with Crippen molar-refractivity contribution in [2.45, 2.75) is 6.92 Å². The topological polar surface area (TPSA) is 0 Å². The van der Waals surface area contributed by atoms with E-state index in [9.17, 15) is 4.39 Å². The molecule has 0 spiro atoms. The molecular weight excluding hydrogens is 302 g/mol. The molecule has 2 aromatic rings. The van der Waals surface area contributed by atoms with Gasteiger partial charge in [-0.2, -0.15) is 0 Å². The van der Waals surface area contributed by atoms with Crippen LogP contribution in [0.3, 0.4) is 0 Å². The highest BCUT2D eigenvalue weighted by atomic mass is 127. The number of hydrogen-bond acceptors (Lipinski definition) is 0. The number of hydrogen-bond donors (Lipinski definition) is 0. The Balaban J connectivity index is 2.45.